The van der Waals surface area contributed by atoms with Gasteiger partial charge in [-0.2, -0.15) is 0 Å². The van der Waals surface area contributed by atoms with Crippen LogP contribution in [0.15, 0.2) is 0 Å². The molecule has 0 heterocycles. The highest BCUT2D eigenvalue weighted by molar-refractivity contribution is 5.95. The average Bonchev–Trinajstić information content (AvgIpc) is 2.09. The lowest BCUT2D eigenvalue weighted by Gasteiger charge is -2.42. The van der Waals surface area contributed by atoms with Crippen LogP contribution in [-0.4, -0.2) is 17.2 Å². The maximum Gasteiger partial charge on any atom is 0.223 e. The van der Waals surface area contributed by atoms with Gasteiger partial charge in [-0.15, -0.1) is 0 Å². The Morgan fingerprint density at radius 2 is 1.60 bits per heavy atom. The zero-order valence-electron chi connectivity index (χ0n) is 10.1. The Balaban J connectivity index is 2.70. The average molecular weight is 211 g/mol. The quantitative estimate of drug-likeness (QED) is 0.772. The summed E-state index contributed by atoms with van der Waals surface area (Å²) in [6.07, 6.45) is 2.65. The van der Waals surface area contributed by atoms with Crippen molar-refractivity contribution in [1.82, 2.24) is 5.32 Å². The molecule has 3 nitrogen and oxygen atoms in total. The number of amides is 1. The molecule has 1 fully saturated rings. The van der Waals surface area contributed by atoms with Crippen LogP contribution in [0.25, 0.3) is 0 Å². The van der Waals surface area contributed by atoms with Crippen LogP contribution in [0.5, 0.6) is 0 Å². The Labute approximate surface area is 91.6 Å². The van der Waals surface area contributed by atoms with Crippen LogP contribution in [0, 0.1) is 11.8 Å². The first kappa shape index (κ1) is 12.2. The van der Waals surface area contributed by atoms with Crippen LogP contribution in [0.2, 0.25) is 0 Å². The maximum absolute atomic E-state index is 12.0. The Hall–Kier alpha value is -0.860. The van der Waals surface area contributed by atoms with E-state index >= 15 is 0 Å². The Kier molecular flexibility index (Phi) is 3.53. The molecule has 0 bridgehead atoms. The van der Waals surface area contributed by atoms with Gasteiger partial charge in [-0.05, 0) is 19.3 Å². The van der Waals surface area contributed by atoms with Crippen LogP contribution < -0.4 is 5.32 Å². The van der Waals surface area contributed by atoms with Gasteiger partial charge in [0.2, 0.25) is 5.91 Å². The van der Waals surface area contributed by atoms with E-state index in [-0.39, 0.29) is 23.5 Å². The molecule has 0 saturated heterocycles. The van der Waals surface area contributed by atoms with Gasteiger partial charge in [0.25, 0.3) is 0 Å². The molecule has 1 saturated carbocycles. The van der Waals surface area contributed by atoms with Gasteiger partial charge in [-0.3, -0.25) is 9.59 Å². The van der Waals surface area contributed by atoms with Crippen LogP contribution in [0.4, 0.5) is 0 Å². The summed E-state index contributed by atoms with van der Waals surface area (Å²) in [5.41, 5.74) is -0.532. The predicted octanol–water partition coefficient (Wildman–Crippen LogP) is 1.91. The van der Waals surface area contributed by atoms with Gasteiger partial charge in [0.05, 0.1) is 5.54 Å². The van der Waals surface area contributed by atoms with Crippen molar-refractivity contribution in [3.8, 4) is 0 Å². The molecule has 1 aliphatic carbocycles. The number of hydrogen-bond acceptors (Lipinski definition) is 2. The lowest BCUT2D eigenvalue weighted by molar-refractivity contribution is -0.139. The van der Waals surface area contributed by atoms with Crippen molar-refractivity contribution in [2.24, 2.45) is 11.8 Å². The zero-order chi connectivity index (χ0) is 11.6. The summed E-state index contributed by atoms with van der Waals surface area (Å²) in [4.78, 5) is 23.6. The van der Waals surface area contributed by atoms with E-state index in [0.717, 1.165) is 19.3 Å². The van der Waals surface area contributed by atoms with Crippen LogP contribution >= 0.6 is 0 Å². The largest absolute Gasteiger partial charge is 0.343 e. The number of Topliss-reactive ketones (excluding diaryl/α,β-unsaturated/α-hetero) is 1. The second-order valence-corrected chi connectivity index (χ2v) is 5.10. The molecule has 0 aliphatic heterocycles. The minimum atomic E-state index is -0.532. The Morgan fingerprint density at radius 3 is 1.87 bits per heavy atom. The van der Waals surface area contributed by atoms with Crippen LogP contribution in [0.1, 0.15) is 47.0 Å². The van der Waals surface area contributed by atoms with Crippen molar-refractivity contribution in [1.29, 1.82) is 0 Å². The SMILES string of the molecule is CC(C)C(=O)NC1(C(=O)C(C)C)CCC1. The van der Waals surface area contributed by atoms with Crippen molar-refractivity contribution in [2.45, 2.75) is 52.5 Å². The monoisotopic (exact) mass is 211 g/mol. The third kappa shape index (κ3) is 2.39. The lowest BCUT2D eigenvalue weighted by Crippen LogP contribution is -2.61. The second-order valence-electron chi connectivity index (χ2n) is 5.10. The van der Waals surface area contributed by atoms with Gasteiger partial charge in [0, 0.05) is 11.8 Å². The number of rotatable bonds is 4. The predicted molar refractivity (Wildman–Crippen MR) is 59.4 cm³/mol. The van der Waals surface area contributed by atoms with E-state index in [4.69, 9.17) is 0 Å². The van der Waals surface area contributed by atoms with Gasteiger partial charge in [0.15, 0.2) is 5.78 Å². The highest BCUT2D eigenvalue weighted by atomic mass is 16.2. The number of carbonyl (C=O) groups excluding carboxylic acids is 2. The molecule has 15 heavy (non-hydrogen) atoms. The molecule has 0 aromatic rings. The van der Waals surface area contributed by atoms with Crippen molar-refractivity contribution in [3.05, 3.63) is 0 Å². The molecule has 86 valence electrons. The normalized spacial score (nSPS) is 18.8. The standard InChI is InChI=1S/C12H21NO2/c1-8(2)10(14)12(6-5-7-12)13-11(15)9(3)4/h8-9H,5-7H2,1-4H3,(H,13,15). The number of carbonyl (C=O) groups is 2. The summed E-state index contributed by atoms with van der Waals surface area (Å²) in [7, 11) is 0. The van der Waals surface area contributed by atoms with Gasteiger partial charge >= 0.3 is 0 Å². The number of ketones is 1. The Morgan fingerprint density at radius 1 is 1.07 bits per heavy atom. The van der Waals surface area contributed by atoms with Crippen LogP contribution in [-0.2, 0) is 9.59 Å². The van der Waals surface area contributed by atoms with Crippen molar-refractivity contribution < 1.29 is 9.59 Å². The lowest BCUT2D eigenvalue weighted by atomic mass is 9.70. The molecule has 0 atom stereocenters. The summed E-state index contributed by atoms with van der Waals surface area (Å²) in [5, 5.41) is 2.92. The van der Waals surface area contributed by atoms with Gasteiger partial charge in [0.1, 0.15) is 0 Å². The first-order valence-corrected chi connectivity index (χ1v) is 5.75. The van der Waals surface area contributed by atoms with E-state index in [0.29, 0.717) is 0 Å². The first-order valence-electron chi connectivity index (χ1n) is 5.75. The number of nitrogens with one attached hydrogen (secondary N) is 1. The first-order chi connectivity index (χ1) is 6.89. The zero-order valence-corrected chi connectivity index (χ0v) is 10.1. The summed E-state index contributed by atoms with van der Waals surface area (Å²) in [5.74, 6) is 0.117. The fraction of sp³-hybridized carbons (Fsp3) is 0.833. The molecule has 0 aromatic heterocycles. The van der Waals surface area contributed by atoms with Gasteiger partial charge < -0.3 is 5.32 Å². The van der Waals surface area contributed by atoms with Crippen molar-refractivity contribution in [2.75, 3.05) is 0 Å². The third-order valence-electron chi connectivity index (χ3n) is 3.09. The molecule has 0 unspecified atom stereocenters. The highest BCUT2D eigenvalue weighted by Gasteiger charge is 2.45. The molecule has 1 rings (SSSR count). The van der Waals surface area contributed by atoms with E-state index in [2.05, 4.69) is 5.32 Å². The van der Waals surface area contributed by atoms with Crippen LogP contribution in [0.3, 0.4) is 0 Å². The molecule has 1 N–H and O–H groups in total. The van der Waals surface area contributed by atoms with E-state index < -0.39 is 5.54 Å². The molecule has 1 amide bonds. The summed E-state index contributed by atoms with van der Waals surface area (Å²) in [6.45, 7) is 7.48. The molecule has 0 aromatic carbocycles. The summed E-state index contributed by atoms with van der Waals surface area (Å²) < 4.78 is 0. The smallest absolute Gasteiger partial charge is 0.223 e. The minimum absolute atomic E-state index is 0.00207. The third-order valence-corrected chi connectivity index (χ3v) is 3.09. The van der Waals surface area contributed by atoms with E-state index in [1.807, 2.05) is 27.7 Å². The van der Waals surface area contributed by atoms with Crippen molar-refractivity contribution in [3.63, 3.8) is 0 Å². The summed E-state index contributed by atoms with van der Waals surface area (Å²) >= 11 is 0. The molecular weight excluding hydrogens is 190 g/mol. The van der Waals surface area contributed by atoms with E-state index in [1.54, 1.807) is 0 Å². The second kappa shape index (κ2) is 4.33. The topological polar surface area (TPSA) is 46.2 Å². The molecule has 0 radical (unpaired) electrons. The number of hydrogen-bond donors (Lipinski definition) is 1. The molecule has 0 spiro atoms. The molecular formula is C12H21NO2. The van der Waals surface area contributed by atoms with Gasteiger partial charge in [-0.25, -0.2) is 0 Å². The minimum Gasteiger partial charge on any atom is -0.343 e. The van der Waals surface area contributed by atoms with E-state index in [1.165, 1.54) is 0 Å². The van der Waals surface area contributed by atoms with Crippen molar-refractivity contribution >= 4 is 11.7 Å². The maximum atomic E-state index is 12.0. The molecule has 3 heteroatoms. The molecule has 1 aliphatic rings. The van der Waals surface area contributed by atoms with E-state index in [9.17, 15) is 9.59 Å². The Bertz CT molecular complexity index is 265. The summed E-state index contributed by atoms with van der Waals surface area (Å²) in [6, 6.07) is 0. The highest BCUT2D eigenvalue weighted by Crippen LogP contribution is 2.35. The fourth-order valence-electron chi connectivity index (χ4n) is 1.90. The van der Waals surface area contributed by atoms with Gasteiger partial charge in [-0.1, -0.05) is 27.7 Å². The fourth-order valence-corrected chi connectivity index (χ4v) is 1.90.